The van der Waals surface area contributed by atoms with Crippen LogP contribution in [-0.4, -0.2) is 29.3 Å². The van der Waals surface area contributed by atoms with Crippen molar-refractivity contribution in [3.05, 3.63) is 50.6 Å². The molecule has 0 bridgehead atoms. The fraction of sp³-hybridized carbons (Fsp3) is 0.294. The number of carbonyl (C=O) groups excluding carboxylic acids is 2. The van der Waals surface area contributed by atoms with E-state index in [0.717, 1.165) is 22.1 Å². The van der Waals surface area contributed by atoms with Gasteiger partial charge in [0.1, 0.15) is 6.04 Å². The van der Waals surface area contributed by atoms with Crippen molar-refractivity contribution in [2.24, 2.45) is 0 Å². The van der Waals surface area contributed by atoms with Crippen LogP contribution in [0.3, 0.4) is 0 Å². The highest BCUT2D eigenvalue weighted by Gasteiger charge is 2.35. The van der Waals surface area contributed by atoms with Crippen LogP contribution in [0.15, 0.2) is 40.2 Å². The number of halogens is 1. The highest BCUT2D eigenvalue weighted by Crippen LogP contribution is 2.25. The number of hydrogen-bond donors (Lipinski definition) is 1. The minimum Gasteiger partial charge on any atom is -0.326 e. The normalized spacial score (nSPS) is 17.3. The highest BCUT2D eigenvalue weighted by molar-refractivity contribution is 9.10. The monoisotopic (exact) mass is 392 g/mol. The van der Waals surface area contributed by atoms with E-state index < -0.39 is 6.04 Å². The van der Waals surface area contributed by atoms with Gasteiger partial charge in [-0.2, -0.15) is 0 Å². The van der Waals surface area contributed by atoms with Crippen LogP contribution in [0.5, 0.6) is 0 Å². The lowest BCUT2D eigenvalue weighted by Crippen LogP contribution is -2.43. The number of amides is 2. The molecule has 1 N–H and O–H groups in total. The first-order chi connectivity index (χ1) is 11.1. The Morgan fingerprint density at radius 3 is 2.87 bits per heavy atom. The predicted molar refractivity (Wildman–Crippen MR) is 95.9 cm³/mol. The third-order valence-electron chi connectivity index (χ3n) is 3.99. The molecule has 3 rings (SSSR count). The number of benzene rings is 1. The summed E-state index contributed by atoms with van der Waals surface area (Å²) in [4.78, 5) is 27.5. The largest absolute Gasteiger partial charge is 0.326 e. The molecule has 0 spiro atoms. The van der Waals surface area contributed by atoms with Crippen LogP contribution in [0.4, 0.5) is 5.69 Å². The van der Waals surface area contributed by atoms with Crippen LogP contribution < -0.4 is 5.32 Å². The van der Waals surface area contributed by atoms with Crippen LogP contribution >= 0.6 is 27.3 Å². The zero-order valence-electron chi connectivity index (χ0n) is 12.7. The Morgan fingerprint density at radius 1 is 1.35 bits per heavy atom. The Labute approximate surface area is 147 Å². The molecule has 1 aromatic heterocycles. The van der Waals surface area contributed by atoms with Gasteiger partial charge in [0, 0.05) is 16.7 Å². The summed E-state index contributed by atoms with van der Waals surface area (Å²) in [5.41, 5.74) is 1.77. The average molecular weight is 393 g/mol. The van der Waals surface area contributed by atoms with Crippen LogP contribution in [-0.2, 0) is 4.79 Å². The second-order valence-electron chi connectivity index (χ2n) is 5.58. The molecule has 2 amide bonds. The molecule has 2 heterocycles. The standard InChI is InChI=1S/C17H17BrN2O2S/c1-11-10-12(18)6-7-13(11)19-16(21)14-4-2-8-20(14)17(22)15-5-3-9-23-15/h3,5-7,9-10,14H,2,4,8H2,1H3,(H,19,21)/t14-/m1/s1. The molecule has 23 heavy (non-hydrogen) atoms. The van der Waals surface area contributed by atoms with Gasteiger partial charge in [-0.15, -0.1) is 11.3 Å². The number of anilines is 1. The lowest BCUT2D eigenvalue weighted by molar-refractivity contribution is -0.119. The summed E-state index contributed by atoms with van der Waals surface area (Å²) in [6.07, 6.45) is 1.56. The van der Waals surface area contributed by atoms with E-state index in [9.17, 15) is 9.59 Å². The van der Waals surface area contributed by atoms with Crippen LogP contribution in [0.2, 0.25) is 0 Å². The number of nitrogens with zero attached hydrogens (tertiary/aromatic N) is 1. The van der Waals surface area contributed by atoms with Crippen molar-refractivity contribution in [1.82, 2.24) is 4.90 Å². The van der Waals surface area contributed by atoms with Gasteiger partial charge in [-0.3, -0.25) is 9.59 Å². The maximum Gasteiger partial charge on any atom is 0.264 e. The second kappa shape index (κ2) is 6.84. The third-order valence-corrected chi connectivity index (χ3v) is 5.35. The Balaban J connectivity index is 1.74. The van der Waals surface area contributed by atoms with Gasteiger partial charge in [0.15, 0.2) is 0 Å². The van der Waals surface area contributed by atoms with E-state index in [2.05, 4.69) is 21.2 Å². The predicted octanol–water partition coefficient (Wildman–Crippen LogP) is 4.06. The molecule has 1 aromatic carbocycles. The maximum absolute atomic E-state index is 12.6. The number of thiophene rings is 1. The fourth-order valence-corrected chi connectivity index (χ4v) is 3.96. The molecule has 0 radical (unpaired) electrons. The van der Waals surface area contributed by atoms with Crippen molar-refractivity contribution in [2.45, 2.75) is 25.8 Å². The smallest absolute Gasteiger partial charge is 0.264 e. The van der Waals surface area contributed by atoms with E-state index in [1.54, 1.807) is 11.0 Å². The van der Waals surface area contributed by atoms with Crippen molar-refractivity contribution in [2.75, 3.05) is 11.9 Å². The number of nitrogens with one attached hydrogen (secondary N) is 1. The summed E-state index contributed by atoms with van der Waals surface area (Å²) in [7, 11) is 0. The molecule has 6 heteroatoms. The maximum atomic E-state index is 12.6. The zero-order chi connectivity index (χ0) is 16.4. The number of aryl methyl sites for hydroxylation is 1. The van der Waals surface area contributed by atoms with E-state index in [4.69, 9.17) is 0 Å². The Morgan fingerprint density at radius 2 is 2.17 bits per heavy atom. The van der Waals surface area contributed by atoms with Gasteiger partial charge in [-0.1, -0.05) is 22.0 Å². The second-order valence-corrected chi connectivity index (χ2v) is 7.45. The molecule has 0 aliphatic carbocycles. The zero-order valence-corrected chi connectivity index (χ0v) is 15.1. The topological polar surface area (TPSA) is 49.4 Å². The SMILES string of the molecule is Cc1cc(Br)ccc1NC(=O)[C@H]1CCCN1C(=O)c1cccs1. The van der Waals surface area contributed by atoms with Gasteiger partial charge in [0.05, 0.1) is 4.88 Å². The molecule has 1 fully saturated rings. The molecule has 4 nitrogen and oxygen atoms in total. The molecular formula is C17H17BrN2O2S. The lowest BCUT2D eigenvalue weighted by Gasteiger charge is -2.23. The summed E-state index contributed by atoms with van der Waals surface area (Å²) >= 11 is 4.83. The van der Waals surface area contributed by atoms with Gasteiger partial charge in [0.25, 0.3) is 5.91 Å². The van der Waals surface area contributed by atoms with Gasteiger partial charge in [-0.25, -0.2) is 0 Å². The van der Waals surface area contributed by atoms with Crippen LogP contribution in [0.25, 0.3) is 0 Å². The van der Waals surface area contributed by atoms with Gasteiger partial charge >= 0.3 is 0 Å². The Bertz CT molecular complexity index is 730. The molecular weight excluding hydrogens is 376 g/mol. The van der Waals surface area contributed by atoms with E-state index in [-0.39, 0.29) is 11.8 Å². The van der Waals surface area contributed by atoms with E-state index in [1.165, 1.54) is 11.3 Å². The lowest BCUT2D eigenvalue weighted by atomic mass is 10.1. The van der Waals surface area contributed by atoms with Crippen LogP contribution in [0, 0.1) is 6.92 Å². The minimum absolute atomic E-state index is 0.0508. The first-order valence-electron chi connectivity index (χ1n) is 7.48. The van der Waals surface area contributed by atoms with Gasteiger partial charge in [0.2, 0.25) is 5.91 Å². The summed E-state index contributed by atoms with van der Waals surface area (Å²) < 4.78 is 0.975. The molecule has 0 saturated carbocycles. The molecule has 1 aliphatic heterocycles. The number of rotatable bonds is 3. The molecule has 2 aromatic rings. The van der Waals surface area contributed by atoms with Gasteiger partial charge in [-0.05, 0) is 55.0 Å². The van der Waals surface area contributed by atoms with Crippen molar-refractivity contribution < 1.29 is 9.59 Å². The minimum atomic E-state index is -0.396. The number of hydrogen-bond acceptors (Lipinski definition) is 3. The van der Waals surface area contributed by atoms with E-state index in [1.807, 2.05) is 36.6 Å². The molecule has 1 atom stereocenters. The molecule has 1 aliphatic rings. The van der Waals surface area contributed by atoms with Crippen molar-refractivity contribution in [3.8, 4) is 0 Å². The first-order valence-corrected chi connectivity index (χ1v) is 9.15. The van der Waals surface area contributed by atoms with E-state index in [0.29, 0.717) is 17.8 Å². The molecule has 0 unspecified atom stereocenters. The summed E-state index contributed by atoms with van der Waals surface area (Å²) in [5.74, 6) is -0.164. The fourth-order valence-electron chi connectivity index (χ4n) is 2.81. The van der Waals surface area contributed by atoms with Crippen LogP contribution in [0.1, 0.15) is 28.1 Å². The molecule has 1 saturated heterocycles. The first kappa shape index (κ1) is 16.2. The Hall–Kier alpha value is -1.66. The van der Waals surface area contributed by atoms with Crippen molar-refractivity contribution >= 4 is 44.8 Å². The average Bonchev–Trinajstić information content (AvgIpc) is 3.20. The number of carbonyl (C=O) groups is 2. The summed E-state index contributed by atoms with van der Waals surface area (Å²) in [6.45, 7) is 2.58. The summed E-state index contributed by atoms with van der Waals surface area (Å²) in [5, 5.41) is 4.84. The van der Waals surface area contributed by atoms with Crippen molar-refractivity contribution in [3.63, 3.8) is 0 Å². The quantitative estimate of drug-likeness (QED) is 0.855. The Kier molecular flexibility index (Phi) is 4.82. The molecule has 120 valence electrons. The number of likely N-dealkylation sites (tertiary alicyclic amines) is 1. The summed E-state index contributed by atoms with van der Waals surface area (Å²) in [6, 6.07) is 8.99. The third kappa shape index (κ3) is 3.48. The van der Waals surface area contributed by atoms with Gasteiger partial charge < -0.3 is 10.2 Å². The van der Waals surface area contributed by atoms with Crippen molar-refractivity contribution in [1.29, 1.82) is 0 Å². The highest BCUT2D eigenvalue weighted by atomic mass is 79.9. The van der Waals surface area contributed by atoms with E-state index >= 15 is 0 Å².